The van der Waals surface area contributed by atoms with E-state index in [0.29, 0.717) is 18.1 Å². The summed E-state index contributed by atoms with van der Waals surface area (Å²) in [6, 6.07) is 6.42. The summed E-state index contributed by atoms with van der Waals surface area (Å²) < 4.78 is 38.3. The molecule has 2 atom stereocenters. The van der Waals surface area contributed by atoms with Crippen molar-refractivity contribution < 1.29 is 18.0 Å². The summed E-state index contributed by atoms with van der Waals surface area (Å²) in [5, 5.41) is 3.59. The van der Waals surface area contributed by atoms with Crippen molar-refractivity contribution in [2.24, 2.45) is 5.92 Å². The van der Waals surface area contributed by atoms with Gasteiger partial charge in [0.25, 0.3) is 0 Å². The van der Waals surface area contributed by atoms with Gasteiger partial charge in [-0.05, 0) is 24.6 Å². The quantitative estimate of drug-likeness (QED) is 0.908. The first-order valence-electron chi connectivity index (χ1n) is 6.64. The molecule has 1 aliphatic heterocycles. The molecule has 2 rings (SSSR count). The van der Waals surface area contributed by atoms with Gasteiger partial charge >= 0.3 is 6.18 Å². The first kappa shape index (κ1) is 16.1. The summed E-state index contributed by atoms with van der Waals surface area (Å²) in [6.45, 7) is 2.04. The lowest BCUT2D eigenvalue weighted by Gasteiger charge is -2.38. The SMILES string of the molecule is CC(C(=O)N1CCNCC1c1cccc(Cl)c1)C(F)(F)F. The molecule has 0 spiro atoms. The summed E-state index contributed by atoms with van der Waals surface area (Å²) in [6.07, 6.45) is -4.53. The molecule has 21 heavy (non-hydrogen) atoms. The Morgan fingerprint density at radius 3 is 2.81 bits per heavy atom. The topological polar surface area (TPSA) is 32.3 Å². The van der Waals surface area contributed by atoms with Crippen LogP contribution in [0.4, 0.5) is 13.2 Å². The van der Waals surface area contributed by atoms with Crippen molar-refractivity contribution in [2.45, 2.75) is 19.1 Å². The molecule has 1 amide bonds. The Bertz CT molecular complexity index is 521. The van der Waals surface area contributed by atoms with Crippen molar-refractivity contribution in [1.82, 2.24) is 10.2 Å². The van der Waals surface area contributed by atoms with Crippen LogP contribution in [0.5, 0.6) is 0 Å². The Hall–Kier alpha value is -1.27. The highest BCUT2D eigenvalue weighted by Gasteiger charge is 2.44. The Morgan fingerprint density at radius 2 is 2.19 bits per heavy atom. The molecule has 0 radical (unpaired) electrons. The lowest BCUT2D eigenvalue weighted by atomic mass is 10.0. The minimum absolute atomic E-state index is 0.246. The van der Waals surface area contributed by atoms with E-state index in [1.54, 1.807) is 24.3 Å². The molecular formula is C14H16ClF3N2O. The van der Waals surface area contributed by atoms with E-state index in [9.17, 15) is 18.0 Å². The molecule has 1 fully saturated rings. The molecule has 0 saturated carbocycles. The van der Waals surface area contributed by atoms with Crippen LogP contribution in [-0.4, -0.2) is 36.6 Å². The maximum Gasteiger partial charge on any atom is 0.400 e. The monoisotopic (exact) mass is 320 g/mol. The van der Waals surface area contributed by atoms with Crippen LogP contribution in [-0.2, 0) is 4.79 Å². The fraction of sp³-hybridized carbons (Fsp3) is 0.500. The number of carbonyl (C=O) groups is 1. The smallest absolute Gasteiger partial charge is 0.333 e. The number of rotatable bonds is 2. The van der Waals surface area contributed by atoms with Crippen molar-refractivity contribution in [3.63, 3.8) is 0 Å². The van der Waals surface area contributed by atoms with Crippen molar-refractivity contribution >= 4 is 17.5 Å². The molecule has 3 nitrogen and oxygen atoms in total. The van der Waals surface area contributed by atoms with Gasteiger partial charge < -0.3 is 10.2 Å². The highest BCUT2D eigenvalue weighted by atomic mass is 35.5. The van der Waals surface area contributed by atoms with E-state index >= 15 is 0 Å². The van der Waals surface area contributed by atoms with E-state index in [1.165, 1.54) is 4.90 Å². The normalized spacial score (nSPS) is 21.2. The lowest BCUT2D eigenvalue weighted by Crippen LogP contribution is -2.52. The Labute approximate surface area is 126 Å². The molecule has 2 unspecified atom stereocenters. The molecule has 1 aliphatic rings. The van der Waals surface area contributed by atoms with Crippen LogP contribution in [0.25, 0.3) is 0 Å². The van der Waals surface area contributed by atoms with E-state index in [0.717, 1.165) is 12.5 Å². The lowest BCUT2D eigenvalue weighted by molar-refractivity contribution is -0.187. The second-order valence-corrected chi connectivity index (χ2v) is 5.51. The Balaban J connectivity index is 2.25. The molecule has 1 saturated heterocycles. The third-order valence-corrected chi connectivity index (χ3v) is 3.86. The van der Waals surface area contributed by atoms with E-state index in [4.69, 9.17) is 11.6 Å². The molecule has 0 bridgehead atoms. The zero-order chi connectivity index (χ0) is 15.6. The van der Waals surface area contributed by atoms with Gasteiger partial charge in [-0.1, -0.05) is 23.7 Å². The number of benzene rings is 1. The fourth-order valence-electron chi connectivity index (χ4n) is 2.37. The fourth-order valence-corrected chi connectivity index (χ4v) is 2.57. The Morgan fingerprint density at radius 1 is 1.48 bits per heavy atom. The number of nitrogens with zero attached hydrogens (tertiary/aromatic N) is 1. The maximum atomic E-state index is 12.8. The van der Waals surface area contributed by atoms with E-state index in [2.05, 4.69) is 5.32 Å². The molecule has 1 aromatic carbocycles. The van der Waals surface area contributed by atoms with Gasteiger partial charge in [0.15, 0.2) is 0 Å². The third kappa shape index (κ3) is 3.68. The first-order valence-corrected chi connectivity index (χ1v) is 7.02. The standard InChI is InChI=1S/C14H16ClF3N2O/c1-9(14(16,17)18)13(21)20-6-5-19-8-12(20)10-3-2-4-11(15)7-10/h2-4,7,9,12,19H,5-6,8H2,1H3. The third-order valence-electron chi connectivity index (χ3n) is 3.62. The van der Waals surface area contributed by atoms with Crippen LogP contribution in [0.1, 0.15) is 18.5 Å². The number of nitrogens with one attached hydrogen (secondary N) is 1. The van der Waals surface area contributed by atoms with E-state index < -0.39 is 24.0 Å². The van der Waals surface area contributed by atoms with Gasteiger partial charge in [0.05, 0.1) is 6.04 Å². The number of halogens is 4. The van der Waals surface area contributed by atoms with Gasteiger partial charge in [-0.3, -0.25) is 4.79 Å². The predicted octanol–water partition coefficient (Wildman–Crippen LogP) is 3.01. The number of alkyl halides is 3. The van der Waals surface area contributed by atoms with E-state index in [-0.39, 0.29) is 6.54 Å². The molecule has 0 aromatic heterocycles. The number of hydrogen-bond donors (Lipinski definition) is 1. The molecule has 1 N–H and O–H groups in total. The summed E-state index contributed by atoms with van der Waals surface area (Å²) >= 11 is 5.92. The molecule has 1 aromatic rings. The van der Waals surface area contributed by atoms with E-state index in [1.807, 2.05) is 0 Å². The van der Waals surface area contributed by atoms with Gasteiger partial charge in [-0.15, -0.1) is 0 Å². The van der Waals surface area contributed by atoms with Crippen LogP contribution >= 0.6 is 11.6 Å². The summed E-state index contributed by atoms with van der Waals surface area (Å²) in [7, 11) is 0. The van der Waals surface area contributed by atoms with Gasteiger partial charge in [0.2, 0.25) is 5.91 Å². The van der Waals surface area contributed by atoms with Gasteiger partial charge in [-0.2, -0.15) is 13.2 Å². The van der Waals surface area contributed by atoms with Crippen LogP contribution < -0.4 is 5.32 Å². The minimum Gasteiger partial charge on any atom is -0.333 e. The number of amides is 1. The van der Waals surface area contributed by atoms with Crippen molar-refractivity contribution in [3.8, 4) is 0 Å². The predicted molar refractivity (Wildman–Crippen MR) is 74.0 cm³/mol. The highest BCUT2D eigenvalue weighted by Crippen LogP contribution is 2.31. The second-order valence-electron chi connectivity index (χ2n) is 5.07. The highest BCUT2D eigenvalue weighted by molar-refractivity contribution is 6.30. The summed E-state index contributed by atoms with van der Waals surface area (Å²) in [4.78, 5) is 13.5. The van der Waals surface area contributed by atoms with Crippen molar-refractivity contribution in [2.75, 3.05) is 19.6 Å². The molecule has 1 heterocycles. The van der Waals surface area contributed by atoms with Crippen molar-refractivity contribution in [3.05, 3.63) is 34.9 Å². The maximum absolute atomic E-state index is 12.8. The molecular weight excluding hydrogens is 305 g/mol. The van der Waals surface area contributed by atoms with Crippen LogP contribution in [0.3, 0.4) is 0 Å². The molecule has 0 aliphatic carbocycles. The number of hydrogen-bond acceptors (Lipinski definition) is 2. The van der Waals surface area contributed by atoms with Crippen molar-refractivity contribution in [1.29, 1.82) is 0 Å². The first-order chi connectivity index (χ1) is 9.80. The molecule has 116 valence electrons. The second kappa shape index (κ2) is 6.23. The molecule has 7 heteroatoms. The van der Waals surface area contributed by atoms with Crippen LogP contribution in [0, 0.1) is 5.92 Å². The zero-order valence-corrected chi connectivity index (χ0v) is 12.2. The van der Waals surface area contributed by atoms with Gasteiger partial charge in [0.1, 0.15) is 5.92 Å². The minimum atomic E-state index is -4.53. The summed E-state index contributed by atoms with van der Waals surface area (Å²) in [5.74, 6) is -2.90. The average Bonchev–Trinajstić information content (AvgIpc) is 2.45. The number of piperazine rings is 1. The van der Waals surface area contributed by atoms with Crippen LogP contribution in [0.15, 0.2) is 24.3 Å². The number of carbonyl (C=O) groups excluding carboxylic acids is 1. The van der Waals surface area contributed by atoms with Gasteiger partial charge in [-0.25, -0.2) is 0 Å². The average molecular weight is 321 g/mol. The Kier molecular flexibility index (Phi) is 4.78. The van der Waals surface area contributed by atoms with Crippen LogP contribution in [0.2, 0.25) is 5.02 Å². The summed E-state index contributed by atoms with van der Waals surface area (Å²) in [5.41, 5.74) is 0.734. The van der Waals surface area contributed by atoms with Gasteiger partial charge in [0, 0.05) is 24.7 Å². The largest absolute Gasteiger partial charge is 0.400 e. The zero-order valence-electron chi connectivity index (χ0n) is 11.5.